The number of nitrogens with one attached hydrogen (secondary N) is 1. The number of rotatable bonds is 11. The van der Waals surface area contributed by atoms with Crippen LogP contribution >= 0.6 is 0 Å². The SMILES string of the molecule is CCC(CC)COCCCC(C)(CO)NC1CC1. The molecule has 1 atom stereocenters. The molecule has 0 aromatic rings. The van der Waals surface area contributed by atoms with Crippen LogP contribution in [0.3, 0.4) is 0 Å². The van der Waals surface area contributed by atoms with E-state index >= 15 is 0 Å². The average molecular weight is 257 g/mol. The van der Waals surface area contributed by atoms with E-state index in [-0.39, 0.29) is 12.1 Å². The second-order valence-electron chi connectivity index (χ2n) is 6.00. The minimum absolute atomic E-state index is 0.112. The topological polar surface area (TPSA) is 41.5 Å². The van der Waals surface area contributed by atoms with E-state index in [0.29, 0.717) is 12.0 Å². The molecule has 0 spiro atoms. The van der Waals surface area contributed by atoms with Gasteiger partial charge in [0.15, 0.2) is 0 Å². The molecule has 0 aliphatic heterocycles. The van der Waals surface area contributed by atoms with Gasteiger partial charge in [-0.25, -0.2) is 0 Å². The van der Waals surface area contributed by atoms with Crippen molar-refractivity contribution >= 4 is 0 Å². The van der Waals surface area contributed by atoms with E-state index in [1.54, 1.807) is 0 Å². The summed E-state index contributed by atoms with van der Waals surface area (Å²) in [5, 5.41) is 13.0. The van der Waals surface area contributed by atoms with E-state index in [4.69, 9.17) is 4.74 Å². The fourth-order valence-corrected chi connectivity index (χ4v) is 2.26. The molecule has 3 heteroatoms. The predicted molar refractivity (Wildman–Crippen MR) is 75.8 cm³/mol. The third kappa shape index (κ3) is 6.17. The number of aliphatic hydroxyl groups excluding tert-OH is 1. The van der Waals surface area contributed by atoms with Crippen LogP contribution in [0, 0.1) is 5.92 Å². The fraction of sp³-hybridized carbons (Fsp3) is 1.00. The van der Waals surface area contributed by atoms with Gasteiger partial charge in [-0.2, -0.15) is 0 Å². The standard InChI is InChI=1S/C15H31NO2/c1-4-13(5-2)11-18-10-6-9-15(3,12-17)16-14-7-8-14/h13-14,16-17H,4-12H2,1-3H3. The number of ether oxygens (including phenoxy) is 1. The zero-order chi connectivity index (χ0) is 13.4. The highest BCUT2D eigenvalue weighted by Gasteiger charge is 2.31. The lowest BCUT2D eigenvalue weighted by Crippen LogP contribution is -2.47. The van der Waals surface area contributed by atoms with Crippen LogP contribution in [0.1, 0.15) is 59.3 Å². The zero-order valence-electron chi connectivity index (χ0n) is 12.4. The van der Waals surface area contributed by atoms with E-state index in [0.717, 1.165) is 26.1 Å². The summed E-state index contributed by atoms with van der Waals surface area (Å²) in [7, 11) is 0. The summed E-state index contributed by atoms with van der Waals surface area (Å²) in [4.78, 5) is 0. The van der Waals surface area contributed by atoms with Crippen molar-refractivity contribution < 1.29 is 9.84 Å². The van der Waals surface area contributed by atoms with Gasteiger partial charge in [0.05, 0.1) is 6.61 Å². The zero-order valence-corrected chi connectivity index (χ0v) is 12.4. The summed E-state index contributed by atoms with van der Waals surface area (Å²) in [5.74, 6) is 0.707. The molecule has 0 saturated heterocycles. The van der Waals surface area contributed by atoms with Crippen molar-refractivity contribution in [1.82, 2.24) is 5.32 Å². The van der Waals surface area contributed by atoms with Gasteiger partial charge in [0, 0.05) is 24.8 Å². The maximum atomic E-state index is 9.48. The van der Waals surface area contributed by atoms with Gasteiger partial charge in [-0.1, -0.05) is 26.7 Å². The first-order chi connectivity index (χ1) is 8.63. The monoisotopic (exact) mass is 257 g/mol. The van der Waals surface area contributed by atoms with Crippen LogP contribution in [-0.2, 0) is 4.74 Å². The van der Waals surface area contributed by atoms with E-state index in [2.05, 4.69) is 26.1 Å². The van der Waals surface area contributed by atoms with Crippen LogP contribution in [0.5, 0.6) is 0 Å². The first kappa shape index (κ1) is 15.9. The van der Waals surface area contributed by atoms with E-state index in [9.17, 15) is 5.11 Å². The molecule has 1 unspecified atom stereocenters. The Balaban J connectivity index is 2.07. The molecule has 0 amide bonds. The van der Waals surface area contributed by atoms with Gasteiger partial charge in [0.2, 0.25) is 0 Å². The number of hydrogen-bond donors (Lipinski definition) is 2. The lowest BCUT2D eigenvalue weighted by molar-refractivity contribution is 0.0824. The van der Waals surface area contributed by atoms with Crippen LogP contribution in [0.25, 0.3) is 0 Å². The first-order valence-corrected chi connectivity index (χ1v) is 7.59. The Morgan fingerprint density at radius 2 is 2.00 bits per heavy atom. The Labute approximate surface area is 112 Å². The predicted octanol–water partition coefficient (Wildman–Crippen LogP) is 2.72. The van der Waals surface area contributed by atoms with Gasteiger partial charge < -0.3 is 15.2 Å². The van der Waals surface area contributed by atoms with Crippen molar-refractivity contribution in [3.05, 3.63) is 0 Å². The highest BCUT2D eigenvalue weighted by atomic mass is 16.5. The Hall–Kier alpha value is -0.120. The normalized spacial score (nSPS) is 19.2. The maximum Gasteiger partial charge on any atom is 0.0610 e. The molecule has 0 aromatic carbocycles. The summed E-state index contributed by atoms with van der Waals surface area (Å²) in [6.07, 6.45) is 6.95. The Morgan fingerprint density at radius 3 is 2.50 bits per heavy atom. The summed E-state index contributed by atoms with van der Waals surface area (Å²) in [6.45, 7) is 8.49. The highest BCUT2D eigenvalue weighted by Crippen LogP contribution is 2.24. The maximum absolute atomic E-state index is 9.48. The second kappa shape index (κ2) is 8.13. The Bertz CT molecular complexity index is 215. The van der Waals surface area contributed by atoms with Crippen molar-refractivity contribution in [2.45, 2.75) is 70.9 Å². The molecule has 1 aliphatic rings. The molecule has 18 heavy (non-hydrogen) atoms. The quantitative estimate of drug-likeness (QED) is 0.559. The van der Waals surface area contributed by atoms with Crippen LogP contribution < -0.4 is 5.32 Å². The molecular weight excluding hydrogens is 226 g/mol. The molecule has 108 valence electrons. The molecule has 1 saturated carbocycles. The Kier molecular flexibility index (Phi) is 7.20. The molecule has 2 N–H and O–H groups in total. The molecule has 1 rings (SSSR count). The molecule has 1 fully saturated rings. The summed E-state index contributed by atoms with van der Waals surface area (Å²) in [5.41, 5.74) is -0.112. The molecule has 0 aromatic heterocycles. The molecule has 1 aliphatic carbocycles. The Morgan fingerprint density at radius 1 is 1.33 bits per heavy atom. The van der Waals surface area contributed by atoms with E-state index < -0.39 is 0 Å². The smallest absolute Gasteiger partial charge is 0.0610 e. The molecule has 0 heterocycles. The average Bonchev–Trinajstić information content (AvgIpc) is 3.17. The van der Waals surface area contributed by atoms with Gasteiger partial charge in [-0.15, -0.1) is 0 Å². The number of aliphatic hydroxyl groups is 1. The van der Waals surface area contributed by atoms with Crippen LogP contribution in [0.15, 0.2) is 0 Å². The third-order valence-corrected chi connectivity index (χ3v) is 4.00. The van der Waals surface area contributed by atoms with Crippen LogP contribution in [0.4, 0.5) is 0 Å². The van der Waals surface area contributed by atoms with Crippen LogP contribution in [0.2, 0.25) is 0 Å². The van der Waals surface area contributed by atoms with E-state index in [1.165, 1.54) is 25.7 Å². The fourth-order valence-electron chi connectivity index (χ4n) is 2.26. The molecule has 3 nitrogen and oxygen atoms in total. The minimum atomic E-state index is -0.112. The minimum Gasteiger partial charge on any atom is -0.394 e. The molecular formula is C15H31NO2. The summed E-state index contributed by atoms with van der Waals surface area (Å²) in [6, 6.07) is 0.646. The van der Waals surface area contributed by atoms with Gasteiger partial charge in [-0.05, 0) is 38.5 Å². The van der Waals surface area contributed by atoms with Gasteiger partial charge in [-0.3, -0.25) is 0 Å². The van der Waals surface area contributed by atoms with Crippen molar-refractivity contribution in [2.75, 3.05) is 19.8 Å². The van der Waals surface area contributed by atoms with Crippen molar-refractivity contribution in [3.8, 4) is 0 Å². The third-order valence-electron chi connectivity index (χ3n) is 4.00. The van der Waals surface area contributed by atoms with Crippen molar-refractivity contribution in [1.29, 1.82) is 0 Å². The van der Waals surface area contributed by atoms with Gasteiger partial charge >= 0.3 is 0 Å². The molecule has 0 bridgehead atoms. The van der Waals surface area contributed by atoms with Gasteiger partial charge in [0.25, 0.3) is 0 Å². The number of hydrogen-bond acceptors (Lipinski definition) is 3. The highest BCUT2D eigenvalue weighted by molar-refractivity contribution is 4.92. The lowest BCUT2D eigenvalue weighted by atomic mass is 9.97. The van der Waals surface area contributed by atoms with Crippen LogP contribution in [-0.4, -0.2) is 36.5 Å². The second-order valence-corrected chi connectivity index (χ2v) is 6.00. The largest absolute Gasteiger partial charge is 0.394 e. The summed E-state index contributed by atoms with van der Waals surface area (Å²) < 4.78 is 5.73. The van der Waals surface area contributed by atoms with Crippen molar-refractivity contribution in [2.24, 2.45) is 5.92 Å². The first-order valence-electron chi connectivity index (χ1n) is 7.59. The lowest BCUT2D eigenvalue weighted by Gasteiger charge is -2.29. The van der Waals surface area contributed by atoms with Crippen molar-refractivity contribution in [3.63, 3.8) is 0 Å². The molecule has 0 radical (unpaired) electrons. The van der Waals surface area contributed by atoms with Gasteiger partial charge in [0.1, 0.15) is 0 Å². The summed E-state index contributed by atoms with van der Waals surface area (Å²) >= 11 is 0. The van der Waals surface area contributed by atoms with E-state index in [1.807, 2.05) is 0 Å².